The van der Waals surface area contributed by atoms with Gasteiger partial charge in [-0.2, -0.15) is 18.4 Å². The van der Waals surface area contributed by atoms with Gasteiger partial charge in [0.15, 0.2) is 0 Å². The van der Waals surface area contributed by atoms with Crippen molar-refractivity contribution in [2.75, 3.05) is 0 Å². The van der Waals surface area contributed by atoms with Crippen molar-refractivity contribution in [1.82, 2.24) is 4.98 Å². The number of pyridine rings is 1. The number of nitrogens with zero attached hydrogens (tertiary/aromatic N) is 2. The topological polar surface area (TPSA) is 117 Å². The monoisotopic (exact) mass is 334 g/mol. The molecule has 1 aromatic heterocycles. The lowest BCUT2D eigenvalue weighted by atomic mass is 9.79. The number of carboxylic acids is 2. The fraction of sp³-hybridized carbons (Fsp3) is 0.333. The van der Waals surface area contributed by atoms with Crippen molar-refractivity contribution in [1.29, 1.82) is 5.26 Å². The van der Waals surface area contributed by atoms with Gasteiger partial charge < -0.3 is 19.8 Å². The van der Waals surface area contributed by atoms with Gasteiger partial charge in [0.25, 0.3) is 0 Å². The molecule has 0 spiro atoms. The zero-order valence-electron chi connectivity index (χ0n) is 10.6. The highest BCUT2D eigenvalue weighted by atomic mass is 35.5. The third-order valence-electron chi connectivity index (χ3n) is 2.88. The molecule has 0 saturated heterocycles. The molecular formula is C12H6ClF3N2O4-2. The van der Waals surface area contributed by atoms with Gasteiger partial charge in [-0.15, -0.1) is 0 Å². The summed E-state index contributed by atoms with van der Waals surface area (Å²) in [6.45, 7) is 0. The van der Waals surface area contributed by atoms with Crippen molar-refractivity contribution >= 4 is 23.5 Å². The van der Waals surface area contributed by atoms with Crippen molar-refractivity contribution in [2.24, 2.45) is 0 Å². The summed E-state index contributed by atoms with van der Waals surface area (Å²) in [6.07, 6.45) is -5.91. The van der Waals surface area contributed by atoms with Crippen molar-refractivity contribution in [2.45, 2.75) is 24.4 Å². The van der Waals surface area contributed by atoms with Crippen molar-refractivity contribution < 1.29 is 33.0 Å². The molecule has 0 aliphatic rings. The van der Waals surface area contributed by atoms with Gasteiger partial charge in [0.2, 0.25) is 0 Å². The van der Waals surface area contributed by atoms with Crippen LogP contribution in [0.3, 0.4) is 0 Å². The second-order valence-electron chi connectivity index (χ2n) is 4.19. The van der Waals surface area contributed by atoms with Crippen molar-refractivity contribution in [3.8, 4) is 6.07 Å². The summed E-state index contributed by atoms with van der Waals surface area (Å²) in [6, 6.07) is 1.87. The van der Waals surface area contributed by atoms with Crippen LogP contribution in [0.5, 0.6) is 0 Å². The van der Waals surface area contributed by atoms with Crippen LogP contribution < -0.4 is 10.2 Å². The van der Waals surface area contributed by atoms with Crippen LogP contribution in [0.25, 0.3) is 0 Å². The van der Waals surface area contributed by atoms with E-state index in [0.717, 1.165) is 0 Å². The molecule has 0 N–H and O–H groups in total. The maximum absolute atomic E-state index is 12.5. The largest absolute Gasteiger partial charge is 0.549 e. The van der Waals surface area contributed by atoms with Gasteiger partial charge in [-0.05, 0) is 12.5 Å². The van der Waals surface area contributed by atoms with E-state index in [4.69, 9.17) is 16.9 Å². The number of aromatic nitrogens is 1. The Bertz CT molecular complexity index is 641. The van der Waals surface area contributed by atoms with Gasteiger partial charge in [0, 0.05) is 12.6 Å². The molecule has 0 aromatic carbocycles. The first-order valence-electron chi connectivity index (χ1n) is 5.60. The van der Waals surface area contributed by atoms with Gasteiger partial charge in [-0.3, -0.25) is 4.98 Å². The first-order valence-corrected chi connectivity index (χ1v) is 5.98. The van der Waals surface area contributed by atoms with Crippen LogP contribution in [0.2, 0.25) is 5.02 Å². The number of carbonyl (C=O) groups is 2. The summed E-state index contributed by atoms with van der Waals surface area (Å²) in [4.78, 5) is 25.7. The predicted octanol–water partition coefficient (Wildman–Crippen LogP) is -0.205. The van der Waals surface area contributed by atoms with Crippen LogP contribution in [0.1, 0.15) is 24.1 Å². The first kappa shape index (κ1) is 17.7. The molecule has 1 aromatic rings. The Hall–Kier alpha value is -2.34. The maximum atomic E-state index is 12.5. The van der Waals surface area contributed by atoms with Gasteiger partial charge in [0.05, 0.1) is 39.7 Å². The van der Waals surface area contributed by atoms with Crippen LogP contribution in [-0.4, -0.2) is 16.9 Å². The summed E-state index contributed by atoms with van der Waals surface area (Å²) < 4.78 is 37.6. The maximum Gasteiger partial charge on any atom is 0.417 e. The molecule has 0 amide bonds. The molecule has 0 fully saturated rings. The second kappa shape index (κ2) is 6.19. The van der Waals surface area contributed by atoms with Crippen LogP contribution >= 0.6 is 11.6 Å². The summed E-state index contributed by atoms with van der Waals surface area (Å²) in [5, 5.41) is 30.1. The number of hydrogen-bond acceptors (Lipinski definition) is 6. The van der Waals surface area contributed by atoms with E-state index in [-0.39, 0.29) is 6.20 Å². The fourth-order valence-electron chi connectivity index (χ4n) is 1.75. The number of rotatable bonds is 5. The Kier molecular flexibility index (Phi) is 4.98. The predicted molar refractivity (Wildman–Crippen MR) is 60.8 cm³/mol. The van der Waals surface area contributed by atoms with E-state index >= 15 is 0 Å². The molecule has 0 saturated carbocycles. The van der Waals surface area contributed by atoms with Gasteiger partial charge in [-0.25, -0.2) is 0 Å². The fourth-order valence-corrected chi connectivity index (χ4v) is 2.08. The number of aliphatic carboxylic acids is 2. The highest BCUT2D eigenvalue weighted by Crippen LogP contribution is 2.36. The molecule has 0 unspecified atom stereocenters. The summed E-state index contributed by atoms with van der Waals surface area (Å²) in [5.74, 6) is -4.37. The molecule has 0 radical (unpaired) electrons. The number of carbonyl (C=O) groups excluding carboxylic acids is 2. The van der Waals surface area contributed by atoms with Crippen LogP contribution in [0.15, 0.2) is 12.3 Å². The van der Waals surface area contributed by atoms with E-state index in [2.05, 4.69) is 4.98 Å². The highest BCUT2D eigenvalue weighted by Gasteiger charge is 2.40. The van der Waals surface area contributed by atoms with Crippen molar-refractivity contribution in [3.05, 3.63) is 28.5 Å². The molecule has 1 rings (SSSR count). The molecule has 0 aliphatic heterocycles. The molecule has 10 heteroatoms. The third-order valence-corrected chi connectivity index (χ3v) is 3.17. The van der Waals surface area contributed by atoms with Crippen LogP contribution in [0, 0.1) is 11.3 Å². The number of hydrogen-bond donors (Lipinski definition) is 0. The van der Waals surface area contributed by atoms with Crippen LogP contribution in [-0.2, 0) is 21.2 Å². The van der Waals surface area contributed by atoms with Crippen molar-refractivity contribution in [3.63, 3.8) is 0 Å². The van der Waals surface area contributed by atoms with Gasteiger partial charge in [0.1, 0.15) is 0 Å². The van der Waals surface area contributed by atoms with E-state index in [0.29, 0.717) is 6.07 Å². The lowest BCUT2D eigenvalue weighted by Gasteiger charge is -2.35. The van der Waals surface area contributed by atoms with E-state index in [1.54, 1.807) is 0 Å². The van der Waals surface area contributed by atoms with Crippen LogP contribution in [0.4, 0.5) is 13.2 Å². The zero-order chi connectivity index (χ0) is 17.1. The Balaban J connectivity index is 3.54. The minimum atomic E-state index is -4.80. The minimum absolute atomic E-state index is 0.244. The molecule has 22 heavy (non-hydrogen) atoms. The third kappa shape index (κ3) is 3.12. The number of halogens is 4. The summed E-state index contributed by atoms with van der Waals surface area (Å²) >= 11 is 5.56. The number of alkyl halides is 3. The Morgan fingerprint density at radius 2 is 1.86 bits per heavy atom. The second-order valence-corrected chi connectivity index (χ2v) is 4.60. The quantitative estimate of drug-likeness (QED) is 0.688. The average Bonchev–Trinajstić information content (AvgIpc) is 2.39. The summed E-state index contributed by atoms with van der Waals surface area (Å²) in [7, 11) is 0. The molecule has 1 heterocycles. The van der Waals surface area contributed by atoms with E-state index in [1.165, 1.54) is 6.07 Å². The van der Waals surface area contributed by atoms with E-state index in [9.17, 15) is 33.0 Å². The molecular weight excluding hydrogens is 329 g/mol. The highest BCUT2D eigenvalue weighted by molar-refractivity contribution is 6.32. The SMILES string of the molecule is N#CCCC(C(=O)[O-])(C(=O)[O-])c1ncc(C(F)(F)F)cc1Cl. The zero-order valence-corrected chi connectivity index (χ0v) is 11.4. The average molecular weight is 335 g/mol. The molecule has 0 aliphatic carbocycles. The molecule has 0 atom stereocenters. The van der Waals surface area contributed by atoms with Gasteiger partial charge in [-0.1, -0.05) is 11.6 Å². The Morgan fingerprint density at radius 3 is 2.23 bits per heavy atom. The smallest absolute Gasteiger partial charge is 0.417 e. The lowest BCUT2D eigenvalue weighted by molar-refractivity contribution is -0.335. The Labute approximate surface area is 126 Å². The van der Waals surface area contributed by atoms with E-state index in [1.807, 2.05) is 0 Å². The van der Waals surface area contributed by atoms with E-state index < -0.39 is 52.7 Å². The number of carboxylic acid groups (broad SMARTS) is 2. The number of nitriles is 1. The first-order chi connectivity index (χ1) is 10.1. The normalized spacial score (nSPS) is 11.8. The standard InChI is InChI=1S/C12H8ClF3N2O4/c13-7-4-6(12(14,15)16)5-18-8(7)11(9(19)20,10(21)22)2-1-3-17/h4-5H,1-2H2,(H,19,20)(H,21,22)/p-2. The minimum Gasteiger partial charge on any atom is -0.549 e. The van der Waals surface area contributed by atoms with Gasteiger partial charge >= 0.3 is 6.18 Å². The molecule has 118 valence electrons. The molecule has 6 nitrogen and oxygen atoms in total. The lowest BCUT2D eigenvalue weighted by Crippen LogP contribution is -2.57. The Morgan fingerprint density at radius 1 is 1.32 bits per heavy atom. The summed E-state index contributed by atoms with van der Waals surface area (Å²) in [5.41, 5.74) is -5.08. The molecule has 0 bridgehead atoms.